The van der Waals surface area contributed by atoms with E-state index in [9.17, 15) is 14.7 Å². The monoisotopic (exact) mass is 396 g/mol. The van der Waals surface area contributed by atoms with E-state index in [0.29, 0.717) is 17.9 Å². The van der Waals surface area contributed by atoms with Crippen molar-refractivity contribution in [1.82, 2.24) is 10.3 Å². The Balaban J connectivity index is 1.81. The van der Waals surface area contributed by atoms with Gasteiger partial charge in [0.2, 0.25) is 0 Å². The normalized spacial score (nSPS) is 14.6. The highest BCUT2D eigenvalue weighted by molar-refractivity contribution is 5.96. The van der Waals surface area contributed by atoms with Crippen LogP contribution in [0, 0.1) is 13.8 Å². The van der Waals surface area contributed by atoms with Gasteiger partial charge in [0.15, 0.2) is 0 Å². The maximum Gasteiger partial charge on any atom is 0.322 e. The summed E-state index contributed by atoms with van der Waals surface area (Å²) < 4.78 is 0. The number of aromatic nitrogens is 1. The molecule has 1 aliphatic rings. The fraction of sp³-hybridized carbons (Fsp3) is 0.435. The average Bonchev–Trinajstić information content (AvgIpc) is 2.70. The lowest BCUT2D eigenvalue weighted by Crippen LogP contribution is -2.29. The lowest BCUT2D eigenvalue weighted by Gasteiger charge is -2.22. The van der Waals surface area contributed by atoms with E-state index in [4.69, 9.17) is 10.1 Å². The fourth-order valence-corrected chi connectivity index (χ4v) is 4.13. The molecule has 1 aromatic carbocycles. The van der Waals surface area contributed by atoms with Crippen molar-refractivity contribution in [3.8, 4) is 5.75 Å². The number of amides is 1. The van der Waals surface area contributed by atoms with Crippen LogP contribution in [0.3, 0.4) is 0 Å². The fourth-order valence-electron chi connectivity index (χ4n) is 4.13. The van der Waals surface area contributed by atoms with Gasteiger partial charge in [-0.15, -0.1) is 0 Å². The topological polar surface area (TPSA) is 99.5 Å². The maximum absolute atomic E-state index is 12.2. The zero-order valence-corrected chi connectivity index (χ0v) is 17.0. The maximum atomic E-state index is 12.2. The van der Waals surface area contributed by atoms with Crippen LogP contribution >= 0.6 is 0 Å². The summed E-state index contributed by atoms with van der Waals surface area (Å²) in [7, 11) is 0. The number of rotatable bonds is 6. The molecule has 0 bridgehead atoms. The average molecular weight is 396 g/mol. The van der Waals surface area contributed by atoms with Gasteiger partial charge in [0, 0.05) is 23.6 Å². The number of aliphatic carboxylic acids is 1. The minimum absolute atomic E-state index is 0.277. The first-order chi connectivity index (χ1) is 13.8. The van der Waals surface area contributed by atoms with E-state index in [1.54, 1.807) is 18.2 Å². The van der Waals surface area contributed by atoms with E-state index in [0.717, 1.165) is 40.9 Å². The molecule has 1 aromatic heterocycles. The van der Waals surface area contributed by atoms with Crippen LogP contribution in [0.25, 0.3) is 0 Å². The Kier molecular flexibility index (Phi) is 6.52. The second-order valence-corrected chi connectivity index (χ2v) is 7.88. The third kappa shape index (κ3) is 5.13. The summed E-state index contributed by atoms with van der Waals surface area (Å²) in [6, 6.07) is 7.16. The van der Waals surface area contributed by atoms with E-state index < -0.39 is 18.4 Å². The smallest absolute Gasteiger partial charge is 0.322 e. The summed E-state index contributed by atoms with van der Waals surface area (Å²) in [4.78, 5) is 27.6. The van der Waals surface area contributed by atoms with Crippen molar-refractivity contribution < 1.29 is 19.8 Å². The number of hydrogen-bond donors (Lipinski definition) is 3. The summed E-state index contributed by atoms with van der Waals surface area (Å²) in [5.74, 6) is -0.867. The van der Waals surface area contributed by atoms with Gasteiger partial charge >= 0.3 is 5.97 Å². The van der Waals surface area contributed by atoms with Crippen molar-refractivity contribution in [2.75, 3.05) is 6.54 Å². The molecule has 1 saturated carbocycles. The standard InChI is InChI=1S/C23H28N2O4/c1-14-10-17(23(29)24-13-21(27)28)11-15(2)19(14)12-18-8-9-20(26)22(25-18)16-6-4-3-5-7-16/h8-11,16,26H,3-7,12-13H2,1-2H3,(H,24,29)(H,27,28). The molecule has 6 heteroatoms. The van der Waals surface area contributed by atoms with Crippen LogP contribution in [0.5, 0.6) is 5.75 Å². The number of carboxylic acids is 1. The van der Waals surface area contributed by atoms with Crippen molar-refractivity contribution in [1.29, 1.82) is 0 Å². The minimum atomic E-state index is -1.07. The molecule has 2 aromatic rings. The molecule has 0 saturated heterocycles. The molecular formula is C23H28N2O4. The highest BCUT2D eigenvalue weighted by Crippen LogP contribution is 2.36. The van der Waals surface area contributed by atoms with Crippen molar-refractivity contribution in [2.24, 2.45) is 0 Å². The van der Waals surface area contributed by atoms with Crippen LogP contribution in [0.4, 0.5) is 0 Å². The Hall–Kier alpha value is -2.89. The number of benzene rings is 1. The Labute approximate surface area is 171 Å². The molecule has 1 amide bonds. The van der Waals surface area contributed by atoms with Crippen molar-refractivity contribution in [3.63, 3.8) is 0 Å². The number of carboxylic acid groups (broad SMARTS) is 1. The first-order valence-corrected chi connectivity index (χ1v) is 10.1. The van der Waals surface area contributed by atoms with Crippen LogP contribution in [0.1, 0.15) is 76.5 Å². The number of carbonyl (C=O) groups is 2. The van der Waals surface area contributed by atoms with E-state index in [-0.39, 0.29) is 5.75 Å². The molecule has 3 N–H and O–H groups in total. The molecule has 1 aliphatic carbocycles. The number of nitrogens with zero attached hydrogens (tertiary/aromatic N) is 1. The van der Waals surface area contributed by atoms with Crippen LogP contribution in [-0.4, -0.2) is 33.6 Å². The molecule has 3 rings (SSSR count). The Bertz CT molecular complexity index is 894. The lowest BCUT2D eigenvalue weighted by atomic mass is 9.86. The van der Waals surface area contributed by atoms with Gasteiger partial charge in [0.1, 0.15) is 12.3 Å². The Morgan fingerprint density at radius 2 is 1.76 bits per heavy atom. The number of nitrogens with one attached hydrogen (secondary N) is 1. The summed E-state index contributed by atoms with van der Waals surface area (Å²) in [6.45, 7) is 3.48. The number of hydrogen-bond acceptors (Lipinski definition) is 4. The molecule has 0 radical (unpaired) electrons. The molecular weight excluding hydrogens is 368 g/mol. The Morgan fingerprint density at radius 3 is 2.38 bits per heavy atom. The molecule has 154 valence electrons. The van der Waals surface area contributed by atoms with Gasteiger partial charge < -0.3 is 15.5 Å². The SMILES string of the molecule is Cc1cc(C(=O)NCC(=O)O)cc(C)c1Cc1ccc(O)c(C2CCCCC2)n1. The first kappa shape index (κ1) is 20.8. The third-order valence-corrected chi connectivity index (χ3v) is 5.67. The van der Waals surface area contributed by atoms with Gasteiger partial charge in [-0.2, -0.15) is 0 Å². The first-order valence-electron chi connectivity index (χ1n) is 10.1. The molecule has 6 nitrogen and oxygen atoms in total. The van der Waals surface area contributed by atoms with Crippen LogP contribution in [-0.2, 0) is 11.2 Å². The highest BCUT2D eigenvalue weighted by Gasteiger charge is 2.21. The van der Waals surface area contributed by atoms with Gasteiger partial charge in [0.25, 0.3) is 5.91 Å². The summed E-state index contributed by atoms with van der Waals surface area (Å²) in [6.07, 6.45) is 6.38. The zero-order valence-electron chi connectivity index (χ0n) is 17.0. The number of aromatic hydroxyl groups is 1. The van der Waals surface area contributed by atoms with Gasteiger partial charge in [-0.3, -0.25) is 14.6 Å². The third-order valence-electron chi connectivity index (χ3n) is 5.67. The molecule has 29 heavy (non-hydrogen) atoms. The van der Waals surface area contributed by atoms with Gasteiger partial charge in [0.05, 0.1) is 5.69 Å². The minimum Gasteiger partial charge on any atom is -0.506 e. The van der Waals surface area contributed by atoms with Gasteiger partial charge in [-0.05, 0) is 67.6 Å². The van der Waals surface area contributed by atoms with E-state index in [1.165, 1.54) is 19.3 Å². The van der Waals surface area contributed by atoms with Crippen LogP contribution in [0.2, 0.25) is 0 Å². The molecule has 0 unspecified atom stereocenters. The van der Waals surface area contributed by atoms with Crippen LogP contribution in [0.15, 0.2) is 24.3 Å². The quantitative estimate of drug-likeness (QED) is 0.689. The molecule has 0 atom stereocenters. The van der Waals surface area contributed by atoms with Gasteiger partial charge in [-0.25, -0.2) is 0 Å². The molecule has 1 heterocycles. The van der Waals surface area contributed by atoms with E-state index in [2.05, 4.69) is 5.32 Å². The van der Waals surface area contributed by atoms with Crippen molar-refractivity contribution in [2.45, 2.75) is 58.3 Å². The highest BCUT2D eigenvalue weighted by atomic mass is 16.4. The summed E-state index contributed by atoms with van der Waals surface area (Å²) in [5, 5.41) is 21.4. The lowest BCUT2D eigenvalue weighted by molar-refractivity contribution is -0.135. The summed E-state index contributed by atoms with van der Waals surface area (Å²) in [5.41, 5.74) is 5.16. The van der Waals surface area contributed by atoms with E-state index >= 15 is 0 Å². The van der Waals surface area contributed by atoms with Crippen LogP contribution < -0.4 is 5.32 Å². The molecule has 1 fully saturated rings. The zero-order chi connectivity index (χ0) is 21.0. The summed E-state index contributed by atoms with van der Waals surface area (Å²) >= 11 is 0. The predicted octanol–water partition coefficient (Wildman–Crippen LogP) is 3.86. The number of aryl methyl sites for hydroxylation is 2. The molecule has 0 aliphatic heterocycles. The Morgan fingerprint density at radius 1 is 1.10 bits per heavy atom. The second-order valence-electron chi connectivity index (χ2n) is 7.88. The largest absolute Gasteiger partial charge is 0.506 e. The van der Waals surface area contributed by atoms with Crippen molar-refractivity contribution in [3.05, 3.63) is 57.9 Å². The second kappa shape index (κ2) is 9.07. The van der Waals surface area contributed by atoms with E-state index in [1.807, 2.05) is 19.9 Å². The van der Waals surface area contributed by atoms with Crippen molar-refractivity contribution >= 4 is 11.9 Å². The van der Waals surface area contributed by atoms with Gasteiger partial charge in [-0.1, -0.05) is 19.3 Å². The number of carbonyl (C=O) groups excluding carboxylic acids is 1. The predicted molar refractivity (Wildman–Crippen MR) is 110 cm³/mol. The molecule has 0 spiro atoms. The number of pyridine rings is 1.